The van der Waals surface area contributed by atoms with E-state index in [1.807, 2.05) is 25.3 Å². The van der Waals surface area contributed by atoms with Gasteiger partial charge in [0.15, 0.2) is 5.82 Å². The number of hydrogen-bond acceptors (Lipinski definition) is 6. The van der Waals surface area contributed by atoms with E-state index in [1.165, 1.54) is 11.8 Å². The van der Waals surface area contributed by atoms with Crippen molar-refractivity contribution in [2.45, 2.75) is 18.7 Å². The maximum absolute atomic E-state index is 6.07. The maximum Gasteiger partial charge on any atom is 0.211 e. The fraction of sp³-hybridized carbons (Fsp3) is 0.188. The highest BCUT2D eigenvalue weighted by Gasteiger charge is 2.07. The van der Waals surface area contributed by atoms with Crippen molar-refractivity contribution in [2.24, 2.45) is 5.10 Å². The van der Waals surface area contributed by atoms with Crippen LogP contribution >= 0.6 is 35.0 Å². The van der Waals surface area contributed by atoms with Crippen LogP contribution in [0.5, 0.6) is 5.75 Å². The average Bonchev–Trinajstić information content (AvgIpc) is 3.18. The Morgan fingerprint density at radius 2 is 2.12 bits per heavy atom. The third kappa shape index (κ3) is 4.36. The van der Waals surface area contributed by atoms with Gasteiger partial charge in [-0.3, -0.25) is 0 Å². The summed E-state index contributed by atoms with van der Waals surface area (Å²) in [7, 11) is 0. The van der Waals surface area contributed by atoms with E-state index in [0.29, 0.717) is 38.3 Å². The number of rotatable bonds is 6. The van der Waals surface area contributed by atoms with Crippen LogP contribution in [0.2, 0.25) is 10.0 Å². The first-order chi connectivity index (χ1) is 12.1. The van der Waals surface area contributed by atoms with E-state index < -0.39 is 0 Å². The third-order valence-electron chi connectivity index (χ3n) is 3.20. The number of furan rings is 1. The molecule has 0 saturated heterocycles. The second-order valence-electron chi connectivity index (χ2n) is 4.96. The lowest BCUT2D eigenvalue weighted by Gasteiger charge is -2.06. The molecule has 0 fully saturated rings. The number of hydrogen-bond donors (Lipinski definition) is 0. The largest absolute Gasteiger partial charge is 0.484 e. The SMILES string of the molecule is CSc1nnc(C)n1/N=C/c1ccc(COc2ccc(Cl)cc2Cl)o1. The summed E-state index contributed by atoms with van der Waals surface area (Å²) < 4.78 is 13.0. The van der Waals surface area contributed by atoms with Gasteiger partial charge in [0.1, 0.15) is 23.9 Å². The molecule has 0 unspecified atom stereocenters. The van der Waals surface area contributed by atoms with Gasteiger partial charge in [-0.1, -0.05) is 35.0 Å². The molecule has 3 aromatic rings. The van der Waals surface area contributed by atoms with Crippen molar-refractivity contribution in [1.29, 1.82) is 0 Å². The summed E-state index contributed by atoms with van der Waals surface area (Å²) in [5.41, 5.74) is 0. The van der Waals surface area contributed by atoms with Crippen molar-refractivity contribution in [2.75, 3.05) is 6.26 Å². The van der Waals surface area contributed by atoms with Crippen molar-refractivity contribution < 1.29 is 9.15 Å². The van der Waals surface area contributed by atoms with Crippen LogP contribution < -0.4 is 4.74 Å². The Morgan fingerprint density at radius 1 is 1.28 bits per heavy atom. The van der Waals surface area contributed by atoms with Crippen LogP contribution in [0.3, 0.4) is 0 Å². The second-order valence-corrected chi connectivity index (χ2v) is 6.57. The van der Waals surface area contributed by atoms with Gasteiger partial charge < -0.3 is 9.15 Å². The van der Waals surface area contributed by atoms with Crippen LogP contribution in [0.4, 0.5) is 0 Å². The van der Waals surface area contributed by atoms with Gasteiger partial charge in [-0.15, -0.1) is 10.2 Å². The predicted octanol–water partition coefficient (Wildman–Crippen LogP) is 4.67. The lowest BCUT2D eigenvalue weighted by atomic mass is 10.3. The molecule has 130 valence electrons. The van der Waals surface area contributed by atoms with E-state index in [0.717, 1.165) is 0 Å². The fourth-order valence-corrected chi connectivity index (χ4v) is 2.93. The standard InChI is InChI=1S/C16H14Cl2N4O2S/c1-10-20-21-16(25-2)22(10)19-8-12-4-5-13(24-12)9-23-15-6-3-11(17)7-14(15)18/h3-8H,9H2,1-2H3/b19-8+. The van der Waals surface area contributed by atoms with Gasteiger partial charge in [-0.2, -0.15) is 9.78 Å². The lowest BCUT2D eigenvalue weighted by Crippen LogP contribution is -1.95. The highest BCUT2D eigenvalue weighted by Crippen LogP contribution is 2.28. The van der Waals surface area contributed by atoms with E-state index in [-0.39, 0.29) is 6.61 Å². The normalized spacial score (nSPS) is 11.4. The molecule has 0 radical (unpaired) electrons. The van der Waals surface area contributed by atoms with Gasteiger partial charge in [-0.25, -0.2) is 0 Å². The quantitative estimate of drug-likeness (QED) is 0.447. The molecular weight excluding hydrogens is 383 g/mol. The van der Waals surface area contributed by atoms with Crippen molar-refractivity contribution in [3.63, 3.8) is 0 Å². The topological polar surface area (TPSA) is 65.4 Å². The zero-order valence-electron chi connectivity index (χ0n) is 13.4. The number of halogens is 2. The molecule has 0 aliphatic heterocycles. The first-order valence-corrected chi connectivity index (χ1v) is 9.22. The molecule has 25 heavy (non-hydrogen) atoms. The van der Waals surface area contributed by atoms with E-state index in [9.17, 15) is 0 Å². The Hall–Kier alpha value is -1.96. The van der Waals surface area contributed by atoms with E-state index >= 15 is 0 Å². The Balaban J connectivity index is 1.66. The van der Waals surface area contributed by atoms with Gasteiger partial charge in [0.25, 0.3) is 0 Å². The van der Waals surface area contributed by atoms with E-state index in [4.69, 9.17) is 32.4 Å². The Kier molecular flexibility index (Phi) is 5.67. The monoisotopic (exact) mass is 396 g/mol. The van der Waals surface area contributed by atoms with E-state index in [2.05, 4.69) is 15.3 Å². The average molecular weight is 397 g/mol. The number of benzene rings is 1. The molecular formula is C16H14Cl2N4O2S. The fourth-order valence-electron chi connectivity index (χ4n) is 2.00. The van der Waals surface area contributed by atoms with Crippen LogP contribution in [-0.2, 0) is 6.61 Å². The van der Waals surface area contributed by atoms with Gasteiger partial charge in [0.2, 0.25) is 5.16 Å². The molecule has 1 aromatic carbocycles. The summed E-state index contributed by atoms with van der Waals surface area (Å²) >= 11 is 13.4. The molecule has 0 atom stereocenters. The molecule has 0 bridgehead atoms. The van der Waals surface area contributed by atoms with E-state index in [1.54, 1.807) is 29.1 Å². The van der Waals surface area contributed by atoms with Crippen LogP contribution in [0.1, 0.15) is 17.3 Å². The number of nitrogens with zero attached hydrogens (tertiary/aromatic N) is 4. The number of ether oxygens (including phenoxy) is 1. The number of thioether (sulfide) groups is 1. The number of aryl methyl sites for hydroxylation is 1. The molecule has 0 saturated carbocycles. The first-order valence-electron chi connectivity index (χ1n) is 7.23. The first kappa shape index (κ1) is 17.8. The molecule has 0 aliphatic carbocycles. The predicted molar refractivity (Wildman–Crippen MR) is 99.0 cm³/mol. The summed E-state index contributed by atoms with van der Waals surface area (Å²) in [6.45, 7) is 2.08. The molecule has 3 rings (SSSR count). The summed E-state index contributed by atoms with van der Waals surface area (Å²) in [5, 5.41) is 14.1. The molecule has 0 amide bonds. The van der Waals surface area contributed by atoms with Crippen molar-refractivity contribution >= 4 is 41.2 Å². The lowest BCUT2D eigenvalue weighted by molar-refractivity contribution is 0.270. The summed E-state index contributed by atoms with van der Waals surface area (Å²) in [4.78, 5) is 0. The molecule has 0 aliphatic rings. The maximum atomic E-state index is 6.07. The van der Waals surface area contributed by atoms with Gasteiger partial charge in [-0.05, 0) is 43.5 Å². The van der Waals surface area contributed by atoms with Crippen LogP contribution in [0.25, 0.3) is 0 Å². The Morgan fingerprint density at radius 3 is 2.88 bits per heavy atom. The van der Waals surface area contributed by atoms with Gasteiger partial charge in [0.05, 0.1) is 11.2 Å². The molecule has 2 heterocycles. The number of aromatic nitrogens is 3. The molecule has 2 aromatic heterocycles. The van der Waals surface area contributed by atoms with Crippen molar-refractivity contribution in [1.82, 2.24) is 14.9 Å². The summed E-state index contributed by atoms with van der Waals surface area (Å²) in [5.74, 6) is 2.49. The molecule has 0 spiro atoms. The third-order valence-corrected chi connectivity index (χ3v) is 4.35. The summed E-state index contributed by atoms with van der Waals surface area (Å²) in [6.07, 6.45) is 3.52. The molecule has 0 N–H and O–H groups in total. The zero-order chi connectivity index (χ0) is 17.8. The van der Waals surface area contributed by atoms with Crippen LogP contribution in [-0.4, -0.2) is 27.3 Å². The van der Waals surface area contributed by atoms with Crippen molar-refractivity contribution in [3.05, 3.63) is 57.7 Å². The Bertz CT molecular complexity index is 907. The summed E-state index contributed by atoms with van der Waals surface area (Å²) in [6, 6.07) is 8.69. The highest BCUT2D eigenvalue weighted by atomic mass is 35.5. The molecule has 9 heteroatoms. The minimum absolute atomic E-state index is 0.247. The second kappa shape index (κ2) is 7.95. The zero-order valence-corrected chi connectivity index (χ0v) is 15.8. The molecule has 6 nitrogen and oxygen atoms in total. The van der Waals surface area contributed by atoms with Crippen molar-refractivity contribution in [3.8, 4) is 5.75 Å². The smallest absolute Gasteiger partial charge is 0.211 e. The minimum Gasteiger partial charge on any atom is -0.484 e. The van der Waals surface area contributed by atoms with Gasteiger partial charge >= 0.3 is 0 Å². The van der Waals surface area contributed by atoms with Crippen LogP contribution in [0, 0.1) is 6.92 Å². The Labute approximate surface area is 158 Å². The van der Waals surface area contributed by atoms with Gasteiger partial charge in [0, 0.05) is 5.02 Å². The highest BCUT2D eigenvalue weighted by molar-refractivity contribution is 7.98. The van der Waals surface area contributed by atoms with Crippen LogP contribution in [0.15, 0.2) is 45.0 Å². The minimum atomic E-state index is 0.247.